The van der Waals surface area contributed by atoms with Gasteiger partial charge in [0, 0.05) is 49.3 Å². The standard InChI is InChI=1S/C25H28FN3O5/c26-20-12-16(13-28-8-10-33-11-9-28)4-5-17(20)15-34-22-3-1-2-18-19(22)14-29(25(18)32)21-6-7-23(30)27-24(21)31/h1-5,12,21,25,32H,6-11,13-15H2,(H,27,30,31). The Balaban J connectivity index is 1.26. The number of aliphatic hydroxyl groups excluding tert-OH is 1. The van der Waals surface area contributed by atoms with Gasteiger partial charge in [-0.3, -0.25) is 24.7 Å². The predicted octanol–water partition coefficient (Wildman–Crippen LogP) is 1.85. The highest BCUT2D eigenvalue weighted by atomic mass is 19.1. The van der Waals surface area contributed by atoms with Crippen LogP contribution in [0.1, 0.15) is 41.3 Å². The van der Waals surface area contributed by atoms with Crippen LogP contribution in [0.2, 0.25) is 0 Å². The lowest BCUT2D eigenvalue weighted by atomic mass is 10.0. The van der Waals surface area contributed by atoms with Crippen LogP contribution in [0.3, 0.4) is 0 Å². The van der Waals surface area contributed by atoms with E-state index >= 15 is 0 Å². The number of piperidine rings is 1. The molecule has 2 aromatic rings. The van der Waals surface area contributed by atoms with E-state index in [4.69, 9.17) is 9.47 Å². The number of hydrogen-bond donors (Lipinski definition) is 2. The Bertz CT molecular complexity index is 1090. The smallest absolute Gasteiger partial charge is 0.244 e. The summed E-state index contributed by atoms with van der Waals surface area (Å²) in [5.74, 6) is -0.467. The summed E-state index contributed by atoms with van der Waals surface area (Å²) in [4.78, 5) is 27.7. The van der Waals surface area contributed by atoms with Crippen molar-refractivity contribution in [2.24, 2.45) is 0 Å². The first kappa shape index (κ1) is 22.9. The zero-order valence-corrected chi connectivity index (χ0v) is 18.8. The maximum absolute atomic E-state index is 14.8. The lowest BCUT2D eigenvalue weighted by Gasteiger charge is -2.31. The molecule has 0 aliphatic carbocycles. The molecular formula is C25H28FN3O5. The van der Waals surface area contributed by atoms with Crippen molar-refractivity contribution in [1.29, 1.82) is 0 Å². The van der Waals surface area contributed by atoms with E-state index in [1.165, 1.54) is 0 Å². The number of ether oxygens (including phenoxy) is 2. The van der Waals surface area contributed by atoms with E-state index in [0.29, 0.717) is 49.6 Å². The third-order valence-electron chi connectivity index (χ3n) is 6.72. The third-order valence-corrected chi connectivity index (χ3v) is 6.72. The fraction of sp³-hybridized carbons (Fsp3) is 0.440. The van der Waals surface area contributed by atoms with Crippen LogP contribution in [0.4, 0.5) is 4.39 Å². The van der Waals surface area contributed by atoms with Gasteiger partial charge in [-0.25, -0.2) is 4.39 Å². The Hall–Kier alpha value is -2.85. The molecule has 2 unspecified atom stereocenters. The largest absolute Gasteiger partial charge is 0.488 e. The highest BCUT2D eigenvalue weighted by Gasteiger charge is 2.40. The first-order chi connectivity index (χ1) is 16.5. The minimum atomic E-state index is -0.973. The summed E-state index contributed by atoms with van der Waals surface area (Å²) in [5, 5.41) is 13.2. The average molecular weight is 470 g/mol. The number of amides is 2. The van der Waals surface area contributed by atoms with E-state index in [1.807, 2.05) is 6.07 Å². The van der Waals surface area contributed by atoms with Gasteiger partial charge in [0.05, 0.1) is 19.3 Å². The van der Waals surface area contributed by atoms with Gasteiger partial charge in [0.2, 0.25) is 11.8 Å². The van der Waals surface area contributed by atoms with Gasteiger partial charge in [0.15, 0.2) is 0 Å². The molecule has 2 aromatic carbocycles. The predicted molar refractivity (Wildman–Crippen MR) is 120 cm³/mol. The second-order valence-electron chi connectivity index (χ2n) is 8.94. The second-order valence-corrected chi connectivity index (χ2v) is 8.94. The highest BCUT2D eigenvalue weighted by Crippen LogP contribution is 2.39. The molecule has 180 valence electrons. The Morgan fingerprint density at radius 2 is 2.00 bits per heavy atom. The molecule has 34 heavy (non-hydrogen) atoms. The summed E-state index contributed by atoms with van der Waals surface area (Å²) in [6, 6.07) is 9.97. The number of nitrogens with zero attached hydrogens (tertiary/aromatic N) is 2. The Kier molecular flexibility index (Phi) is 6.60. The number of carbonyl (C=O) groups is 2. The topological polar surface area (TPSA) is 91.3 Å². The van der Waals surface area contributed by atoms with Crippen molar-refractivity contribution in [2.75, 3.05) is 26.3 Å². The van der Waals surface area contributed by atoms with Gasteiger partial charge in [0.25, 0.3) is 0 Å². The summed E-state index contributed by atoms with van der Waals surface area (Å²) in [6.45, 7) is 4.12. The van der Waals surface area contributed by atoms with Crippen molar-refractivity contribution in [1.82, 2.24) is 15.1 Å². The molecule has 2 amide bonds. The van der Waals surface area contributed by atoms with Crippen molar-refractivity contribution in [3.63, 3.8) is 0 Å². The lowest BCUT2D eigenvalue weighted by Crippen LogP contribution is -2.51. The second kappa shape index (κ2) is 9.79. The van der Waals surface area contributed by atoms with Crippen LogP contribution < -0.4 is 10.1 Å². The minimum Gasteiger partial charge on any atom is -0.488 e. The molecule has 0 spiro atoms. The van der Waals surface area contributed by atoms with Gasteiger partial charge in [-0.1, -0.05) is 24.3 Å². The molecule has 3 heterocycles. The molecule has 2 saturated heterocycles. The Morgan fingerprint density at radius 3 is 2.76 bits per heavy atom. The fourth-order valence-corrected chi connectivity index (χ4v) is 4.84. The number of morpholine rings is 1. The number of benzene rings is 2. The molecule has 9 heteroatoms. The number of aliphatic hydroxyl groups is 1. The molecule has 2 atom stereocenters. The van der Waals surface area contributed by atoms with Gasteiger partial charge < -0.3 is 14.6 Å². The maximum atomic E-state index is 14.8. The summed E-state index contributed by atoms with van der Waals surface area (Å²) in [7, 11) is 0. The number of rotatable bonds is 6. The Labute approximate surface area is 197 Å². The van der Waals surface area contributed by atoms with Gasteiger partial charge in [-0.15, -0.1) is 0 Å². The number of halogens is 1. The summed E-state index contributed by atoms with van der Waals surface area (Å²) < 4.78 is 26.1. The molecule has 3 aliphatic heterocycles. The molecule has 2 N–H and O–H groups in total. The number of nitrogens with one attached hydrogen (secondary N) is 1. The number of imide groups is 1. The maximum Gasteiger partial charge on any atom is 0.244 e. The molecule has 0 saturated carbocycles. The van der Waals surface area contributed by atoms with Crippen LogP contribution in [0.25, 0.3) is 0 Å². The van der Waals surface area contributed by atoms with E-state index in [0.717, 1.165) is 24.2 Å². The molecule has 5 rings (SSSR count). The lowest BCUT2D eigenvalue weighted by molar-refractivity contribution is -0.141. The first-order valence-electron chi connectivity index (χ1n) is 11.6. The molecule has 2 fully saturated rings. The summed E-state index contributed by atoms with van der Waals surface area (Å²) >= 11 is 0. The van der Waals surface area contributed by atoms with Gasteiger partial charge >= 0.3 is 0 Å². The fourth-order valence-electron chi connectivity index (χ4n) is 4.84. The highest BCUT2D eigenvalue weighted by molar-refractivity contribution is 6.00. The molecular weight excluding hydrogens is 441 g/mol. The normalized spacial score (nSPS) is 23.6. The van der Waals surface area contributed by atoms with Crippen LogP contribution in [0.5, 0.6) is 5.75 Å². The Morgan fingerprint density at radius 1 is 1.18 bits per heavy atom. The van der Waals surface area contributed by atoms with Crippen molar-refractivity contribution in [3.8, 4) is 5.75 Å². The number of fused-ring (bicyclic) bond motifs is 1. The molecule has 0 bridgehead atoms. The molecule has 0 aromatic heterocycles. The van der Waals surface area contributed by atoms with Crippen LogP contribution in [0.15, 0.2) is 36.4 Å². The molecule has 3 aliphatic rings. The summed E-state index contributed by atoms with van der Waals surface area (Å²) in [5.41, 5.74) is 2.78. The van der Waals surface area contributed by atoms with E-state index in [9.17, 15) is 19.1 Å². The van der Waals surface area contributed by atoms with Crippen molar-refractivity contribution >= 4 is 11.8 Å². The van der Waals surface area contributed by atoms with Crippen molar-refractivity contribution in [2.45, 2.75) is 44.8 Å². The van der Waals surface area contributed by atoms with Crippen LogP contribution in [-0.4, -0.2) is 59.1 Å². The number of carbonyl (C=O) groups excluding carboxylic acids is 2. The number of hydrogen-bond acceptors (Lipinski definition) is 7. The van der Waals surface area contributed by atoms with Crippen LogP contribution in [0, 0.1) is 5.82 Å². The van der Waals surface area contributed by atoms with E-state index in [1.54, 1.807) is 35.2 Å². The van der Waals surface area contributed by atoms with Gasteiger partial charge in [-0.2, -0.15) is 0 Å². The SMILES string of the molecule is O=C1CCC(N2Cc3c(OCc4ccc(CN5CCOCC5)cc4F)cccc3C2O)C(=O)N1. The van der Waals surface area contributed by atoms with Crippen LogP contribution in [-0.2, 0) is 34.0 Å². The van der Waals surface area contributed by atoms with E-state index < -0.39 is 18.2 Å². The van der Waals surface area contributed by atoms with E-state index in [-0.39, 0.29) is 24.8 Å². The molecule has 8 nitrogen and oxygen atoms in total. The van der Waals surface area contributed by atoms with Gasteiger partial charge in [0.1, 0.15) is 24.4 Å². The zero-order chi connectivity index (χ0) is 23.7. The van der Waals surface area contributed by atoms with Gasteiger partial charge in [-0.05, 0) is 24.1 Å². The third kappa shape index (κ3) is 4.69. The monoisotopic (exact) mass is 469 g/mol. The summed E-state index contributed by atoms with van der Waals surface area (Å²) in [6.07, 6.45) is -0.382. The quantitative estimate of drug-likeness (QED) is 0.624. The zero-order valence-electron chi connectivity index (χ0n) is 18.8. The molecule has 0 radical (unpaired) electrons. The minimum absolute atomic E-state index is 0.0502. The van der Waals surface area contributed by atoms with Crippen molar-refractivity contribution in [3.05, 3.63) is 64.5 Å². The van der Waals surface area contributed by atoms with Crippen molar-refractivity contribution < 1.29 is 28.6 Å². The first-order valence-corrected chi connectivity index (χ1v) is 11.6. The van der Waals surface area contributed by atoms with E-state index in [2.05, 4.69) is 10.2 Å². The average Bonchev–Trinajstić information content (AvgIpc) is 3.16. The van der Waals surface area contributed by atoms with Crippen LogP contribution >= 0.6 is 0 Å².